The van der Waals surface area contributed by atoms with Crippen molar-refractivity contribution in [2.75, 3.05) is 5.32 Å². The maximum Gasteiger partial charge on any atom is 0.274 e. The second-order valence-electron chi connectivity index (χ2n) is 4.19. The minimum Gasteiger partial charge on any atom is -0.380 e. The number of nitro groups is 2. The fourth-order valence-electron chi connectivity index (χ4n) is 1.80. The number of halogens is 1. The largest absolute Gasteiger partial charge is 0.380 e. The Morgan fingerprint density at radius 3 is 2.48 bits per heavy atom. The first-order valence-electron chi connectivity index (χ1n) is 5.88. The van der Waals surface area contributed by atoms with Gasteiger partial charge in [0.1, 0.15) is 0 Å². The molecule has 1 N–H and O–H groups in total. The quantitative estimate of drug-likeness (QED) is 0.650. The third-order valence-corrected chi connectivity index (χ3v) is 3.27. The molecular weight excluding hydrogens is 342 g/mol. The molecule has 0 bridgehead atoms. The van der Waals surface area contributed by atoms with Crippen LogP contribution in [0.1, 0.15) is 5.56 Å². The van der Waals surface area contributed by atoms with Crippen molar-refractivity contribution in [1.82, 2.24) is 0 Å². The number of nitro benzene ring substituents is 2. The molecule has 2 aromatic carbocycles. The first-order valence-corrected chi connectivity index (χ1v) is 6.68. The normalized spacial score (nSPS) is 10.1. The summed E-state index contributed by atoms with van der Waals surface area (Å²) in [7, 11) is 0. The van der Waals surface area contributed by atoms with E-state index in [1.165, 1.54) is 18.2 Å². The molecule has 0 amide bonds. The summed E-state index contributed by atoms with van der Waals surface area (Å²) in [5.41, 5.74) is 0.972. The van der Waals surface area contributed by atoms with E-state index in [1.807, 2.05) is 0 Å². The van der Waals surface area contributed by atoms with Crippen LogP contribution in [-0.4, -0.2) is 9.85 Å². The highest BCUT2D eigenvalue weighted by atomic mass is 79.9. The molecule has 0 saturated carbocycles. The van der Waals surface area contributed by atoms with Crippen LogP contribution in [-0.2, 0) is 6.54 Å². The fourth-order valence-corrected chi connectivity index (χ4v) is 2.21. The number of rotatable bonds is 5. The average molecular weight is 352 g/mol. The molecule has 0 radical (unpaired) electrons. The lowest BCUT2D eigenvalue weighted by Crippen LogP contribution is -2.03. The van der Waals surface area contributed by atoms with Crippen LogP contribution in [0.5, 0.6) is 0 Å². The Labute approximate surface area is 128 Å². The van der Waals surface area contributed by atoms with Gasteiger partial charge in [0.25, 0.3) is 11.4 Å². The summed E-state index contributed by atoms with van der Waals surface area (Å²) >= 11 is 3.26. The molecule has 21 heavy (non-hydrogen) atoms. The van der Waals surface area contributed by atoms with Gasteiger partial charge >= 0.3 is 0 Å². The molecule has 0 fully saturated rings. The van der Waals surface area contributed by atoms with Crippen molar-refractivity contribution in [3.05, 3.63) is 72.7 Å². The van der Waals surface area contributed by atoms with Crippen LogP contribution in [0.3, 0.4) is 0 Å². The summed E-state index contributed by atoms with van der Waals surface area (Å²) < 4.78 is 0.726. The first kappa shape index (κ1) is 14.9. The standard InChI is InChI=1S/C13H10BrN3O4/c14-10-4-5-13(17(20)21)9(6-10)8-15-11-2-1-3-12(7-11)16(18)19/h1-7,15H,8H2. The molecule has 7 nitrogen and oxygen atoms in total. The van der Waals surface area contributed by atoms with E-state index in [4.69, 9.17) is 0 Å². The number of hydrogen-bond donors (Lipinski definition) is 1. The molecule has 0 spiro atoms. The molecule has 2 aromatic rings. The van der Waals surface area contributed by atoms with Crippen LogP contribution >= 0.6 is 15.9 Å². The first-order chi connectivity index (χ1) is 9.97. The van der Waals surface area contributed by atoms with Crippen molar-refractivity contribution in [2.24, 2.45) is 0 Å². The second kappa shape index (κ2) is 6.31. The van der Waals surface area contributed by atoms with Gasteiger partial charge in [-0.15, -0.1) is 0 Å². The lowest BCUT2D eigenvalue weighted by atomic mass is 10.1. The molecule has 0 atom stereocenters. The maximum atomic E-state index is 11.0. The third kappa shape index (κ3) is 3.76. The monoisotopic (exact) mass is 351 g/mol. The Morgan fingerprint density at radius 2 is 1.81 bits per heavy atom. The zero-order valence-corrected chi connectivity index (χ0v) is 12.2. The summed E-state index contributed by atoms with van der Waals surface area (Å²) in [5, 5.41) is 24.6. The number of nitrogens with one attached hydrogen (secondary N) is 1. The highest BCUT2D eigenvalue weighted by molar-refractivity contribution is 9.10. The zero-order chi connectivity index (χ0) is 15.4. The minimum absolute atomic E-state index is 0.00358. The van der Waals surface area contributed by atoms with E-state index in [2.05, 4.69) is 21.2 Å². The number of nitrogens with zero attached hydrogens (tertiary/aromatic N) is 2. The highest BCUT2D eigenvalue weighted by Gasteiger charge is 2.14. The topological polar surface area (TPSA) is 98.3 Å². The maximum absolute atomic E-state index is 11.0. The van der Waals surface area contributed by atoms with E-state index in [9.17, 15) is 20.2 Å². The lowest BCUT2D eigenvalue weighted by Gasteiger charge is -2.07. The average Bonchev–Trinajstić information content (AvgIpc) is 2.45. The van der Waals surface area contributed by atoms with E-state index in [-0.39, 0.29) is 17.9 Å². The Balaban J connectivity index is 2.20. The molecule has 0 aromatic heterocycles. The van der Waals surface area contributed by atoms with Gasteiger partial charge in [-0.05, 0) is 18.2 Å². The molecular formula is C13H10BrN3O4. The molecule has 108 valence electrons. The molecule has 0 saturated heterocycles. The predicted molar refractivity (Wildman–Crippen MR) is 81.2 cm³/mol. The van der Waals surface area contributed by atoms with Gasteiger partial charge in [0.2, 0.25) is 0 Å². The van der Waals surface area contributed by atoms with Gasteiger partial charge < -0.3 is 5.32 Å². The van der Waals surface area contributed by atoms with Crippen LogP contribution in [0.4, 0.5) is 17.1 Å². The van der Waals surface area contributed by atoms with Crippen molar-refractivity contribution >= 4 is 33.0 Å². The van der Waals surface area contributed by atoms with Gasteiger partial charge in [-0.3, -0.25) is 20.2 Å². The van der Waals surface area contributed by atoms with E-state index in [1.54, 1.807) is 24.3 Å². The highest BCUT2D eigenvalue weighted by Crippen LogP contribution is 2.24. The molecule has 0 heterocycles. The fraction of sp³-hybridized carbons (Fsp3) is 0.0769. The smallest absolute Gasteiger partial charge is 0.274 e. The lowest BCUT2D eigenvalue weighted by molar-refractivity contribution is -0.385. The summed E-state index contributed by atoms with van der Waals surface area (Å²) in [4.78, 5) is 20.7. The van der Waals surface area contributed by atoms with Crippen LogP contribution in [0.2, 0.25) is 0 Å². The van der Waals surface area contributed by atoms with Gasteiger partial charge in [0.15, 0.2) is 0 Å². The van der Waals surface area contributed by atoms with Crippen molar-refractivity contribution in [3.63, 3.8) is 0 Å². The van der Waals surface area contributed by atoms with Gasteiger partial charge in [0, 0.05) is 40.5 Å². The zero-order valence-electron chi connectivity index (χ0n) is 10.7. The molecule has 8 heteroatoms. The van der Waals surface area contributed by atoms with Crippen LogP contribution in [0, 0.1) is 20.2 Å². The van der Waals surface area contributed by atoms with Gasteiger partial charge in [0.05, 0.1) is 9.85 Å². The number of non-ortho nitro benzene ring substituents is 1. The van der Waals surface area contributed by atoms with Crippen molar-refractivity contribution in [3.8, 4) is 0 Å². The van der Waals surface area contributed by atoms with Crippen LogP contribution in [0.25, 0.3) is 0 Å². The summed E-state index contributed by atoms with van der Waals surface area (Å²) in [6.07, 6.45) is 0. The van der Waals surface area contributed by atoms with Crippen molar-refractivity contribution in [2.45, 2.75) is 6.54 Å². The Kier molecular flexibility index (Phi) is 4.49. The van der Waals surface area contributed by atoms with Crippen LogP contribution < -0.4 is 5.32 Å². The van der Waals surface area contributed by atoms with Crippen molar-refractivity contribution in [1.29, 1.82) is 0 Å². The molecule has 0 aliphatic carbocycles. The summed E-state index contributed by atoms with van der Waals surface area (Å²) in [6, 6.07) is 10.6. The Morgan fingerprint density at radius 1 is 1.05 bits per heavy atom. The predicted octanol–water partition coefficient (Wildman–Crippen LogP) is 3.88. The number of anilines is 1. The molecule has 0 unspecified atom stereocenters. The number of hydrogen-bond acceptors (Lipinski definition) is 5. The van der Waals surface area contributed by atoms with E-state index in [0.717, 1.165) is 4.47 Å². The van der Waals surface area contributed by atoms with Crippen molar-refractivity contribution < 1.29 is 9.85 Å². The van der Waals surface area contributed by atoms with Gasteiger partial charge in [-0.25, -0.2) is 0 Å². The van der Waals surface area contributed by atoms with E-state index >= 15 is 0 Å². The van der Waals surface area contributed by atoms with Crippen LogP contribution in [0.15, 0.2) is 46.9 Å². The molecule has 0 aliphatic rings. The Hall–Kier alpha value is -2.48. The van der Waals surface area contributed by atoms with Gasteiger partial charge in [-0.1, -0.05) is 22.0 Å². The summed E-state index contributed by atoms with van der Waals surface area (Å²) in [6.45, 7) is 0.191. The summed E-state index contributed by atoms with van der Waals surface area (Å²) in [5.74, 6) is 0. The minimum atomic E-state index is -0.493. The second-order valence-corrected chi connectivity index (χ2v) is 5.11. The van der Waals surface area contributed by atoms with E-state index in [0.29, 0.717) is 11.3 Å². The SMILES string of the molecule is O=[N+]([O-])c1cccc(NCc2cc(Br)ccc2[N+](=O)[O-])c1. The van der Waals surface area contributed by atoms with Gasteiger partial charge in [-0.2, -0.15) is 0 Å². The van der Waals surface area contributed by atoms with E-state index < -0.39 is 9.85 Å². The third-order valence-electron chi connectivity index (χ3n) is 2.78. The molecule has 0 aliphatic heterocycles. The Bertz CT molecular complexity index is 706. The number of benzene rings is 2. The molecule has 2 rings (SSSR count).